The van der Waals surface area contributed by atoms with Crippen LogP contribution >= 0.6 is 0 Å². The molecule has 0 saturated heterocycles. The van der Waals surface area contributed by atoms with Crippen LogP contribution in [0, 0.1) is 0 Å². The van der Waals surface area contributed by atoms with Gasteiger partial charge >= 0.3 is 11.9 Å². The van der Waals surface area contributed by atoms with Gasteiger partial charge in [0.15, 0.2) is 6.10 Å². The minimum atomic E-state index is -1.84. The summed E-state index contributed by atoms with van der Waals surface area (Å²) in [5, 5.41) is 46.1. The van der Waals surface area contributed by atoms with Gasteiger partial charge in [0.1, 0.15) is 0 Å². The average molecular weight is 492 g/mol. The lowest BCUT2D eigenvalue weighted by Crippen LogP contribution is -2.47. The normalized spacial score (nSPS) is 14.1. The highest BCUT2D eigenvalue weighted by Gasteiger charge is 2.24. The molecule has 4 atom stereocenters. The van der Waals surface area contributed by atoms with Gasteiger partial charge in [-0.2, -0.15) is 0 Å². The van der Waals surface area contributed by atoms with E-state index in [1.807, 2.05) is 0 Å². The summed E-state index contributed by atoms with van der Waals surface area (Å²) in [7, 11) is 0. The topological polar surface area (TPSA) is 284 Å². The Hall–Kier alpha value is -3.34. The van der Waals surface area contributed by atoms with Crippen molar-refractivity contribution in [3.05, 3.63) is 0 Å². The van der Waals surface area contributed by atoms with E-state index in [-0.39, 0.29) is 39.0 Å². The number of aliphatic hydroxyl groups is 2. The fourth-order valence-corrected chi connectivity index (χ4v) is 2.39. The summed E-state index contributed by atoms with van der Waals surface area (Å²) in [6.45, 7) is -0.230. The Kier molecular flexibility index (Phi) is 14.7. The molecule has 0 bridgehead atoms. The van der Waals surface area contributed by atoms with Crippen LogP contribution in [0.15, 0.2) is 0 Å². The molecule has 12 N–H and O–H groups in total. The van der Waals surface area contributed by atoms with Gasteiger partial charge in [-0.25, -0.2) is 0 Å². The van der Waals surface area contributed by atoms with Crippen LogP contribution < -0.4 is 32.7 Å². The molecule has 0 aliphatic heterocycles. The van der Waals surface area contributed by atoms with Gasteiger partial charge in [-0.1, -0.05) is 0 Å². The number of nitrogens with two attached hydrogens (primary N) is 2. The second kappa shape index (κ2) is 16.3. The number of rotatable bonds is 17. The van der Waals surface area contributed by atoms with Crippen molar-refractivity contribution in [2.24, 2.45) is 11.5 Å². The van der Waals surface area contributed by atoms with Crippen LogP contribution in [0.2, 0.25) is 0 Å². The lowest BCUT2D eigenvalue weighted by Gasteiger charge is -2.18. The molecule has 0 radical (unpaired) electrons. The summed E-state index contributed by atoms with van der Waals surface area (Å²) in [6, 6.07) is -2.47. The van der Waals surface area contributed by atoms with E-state index in [9.17, 15) is 39.0 Å². The molecule has 194 valence electrons. The van der Waals surface area contributed by atoms with E-state index in [4.69, 9.17) is 21.7 Å². The van der Waals surface area contributed by atoms with Gasteiger partial charge in [-0.05, 0) is 6.42 Å². The van der Waals surface area contributed by atoms with Gasteiger partial charge in [0.25, 0.3) is 5.91 Å². The number of hydrogen-bond donors (Lipinski definition) is 10. The predicted molar refractivity (Wildman–Crippen MR) is 114 cm³/mol. The standard InChI is InChI=1S/C18H32N6O10/c19-9(7-13(27)28)16(32)22-4-3-21-12(26)2-1-11(25)15(31)18(34)24-6-5-23-17(33)10(20)8-14(29)30/h9-11,15,25,31H,1-8,19-20H2,(H,21,26)(H,22,32)(H,23,33)(H,24,34)(H,27,28)(H,29,30). The summed E-state index contributed by atoms with van der Waals surface area (Å²) >= 11 is 0. The summed E-state index contributed by atoms with van der Waals surface area (Å²) in [4.78, 5) is 67.6. The molecule has 0 spiro atoms. The van der Waals surface area contributed by atoms with Crippen molar-refractivity contribution >= 4 is 35.6 Å². The molecule has 0 heterocycles. The van der Waals surface area contributed by atoms with Crippen LogP contribution in [0.25, 0.3) is 0 Å². The number of carbonyl (C=O) groups excluding carboxylic acids is 4. The van der Waals surface area contributed by atoms with Gasteiger partial charge in [-0.3, -0.25) is 28.8 Å². The zero-order chi connectivity index (χ0) is 26.3. The Morgan fingerprint density at radius 1 is 0.647 bits per heavy atom. The van der Waals surface area contributed by atoms with Gasteiger partial charge in [0.05, 0.1) is 31.0 Å². The smallest absolute Gasteiger partial charge is 0.305 e. The van der Waals surface area contributed by atoms with E-state index in [0.29, 0.717) is 0 Å². The minimum Gasteiger partial charge on any atom is -0.481 e. The van der Waals surface area contributed by atoms with Gasteiger partial charge in [0.2, 0.25) is 17.7 Å². The van der Waals surface area contributed by atoms with Crippen LogP contribution in [0.3, 0.4) is 0 Å². The monoisotopic (exact) mass is 492 g/mol. The molecule has 0 fully saturated rings. The first kappa shape index (κ1) is 30.7. The summed E-state index contributed by atoms with van der Waals surface area (Å²) < 4.78 is 0. The first-order valence-electron chi connectivity index (χ1n) is 10.3. The Balaban J connectivity index is 4.06. The second-order valence-corrected chi connectivity index (χ2v) is 7.18. The highest BCUT2D eigenvalue weighted by atomic mass is 16.4. The van der Waals surface area contributed by atoms with Crippen molar-refractivity contribution in [1.29, 1.82) is 0 Å². The Morgan fingerprint density at radius 3 is 1.44 bits per heavy atom. The number of aliphatic carboxylic acids is 2. The molecule has 16 nitrogen and oxygen atoms in total. The molecule has 0 aliphatic carbocycles. The Morgan fingerprint density at radius 2 is 1.03 bits per heavy atom. The average Bonchev–Trinajstić information content (AvgIpc) is 2.75. The minimum absolute atomic E-state index is 0.00530. The van der Waals surface area contributed by atoms with Gasteiger partial charge in [-0.15, -0.1) is 0 Å². The van der Waals surface area contributed by atoms with Crippen LogP contribution in [-0.2, 0) is 28.8 Å². The summed E-state index contributed by atoms with van der Waals surface area (Å²) in [6.07, 6.45) is -4.99. The van der Waals surface area contributed by atoms with Crippen molar-refractivity contribution in [2.75, 3.05) is 26.2 Å². The van der Waals surface area contributed by atoms with E-state index < -0.39 is 72.7 Å². The first-order chi connectivity index (χ1) is 15.8. The van der Waals surface area contributed by atoms with E-state index in [1.54, 1.807) is 0 Å². The highest BCUT2D eigenvalue weighted by molar-refractivity contribution is 5.86. The number of carbonyl (C=O) groups is 6. The quantitative estimate of drug-likeness (QED) is 0.0851. The number of nitrogens with one attached hydrogen (secondary N) is 4. The molecule has 0 aromatic carbocycles. The number of carboxylic acids is 2. The molecule has 4 amide bonds. The van der Waals surface area contributed by atoms with E-state index in [2.05, 4.69) is 21.3 Å². The lowest BCUT2D eigenvalue weighted by atomic mass is 10.1. The molecular formula is C18H32N6O10. The number of hydrogen-bond acceptors (Lipinski definition) is 10. The van der Waals surface area contributed by atoms with Crippen molar-refractivity contribution in [1.82, 2.24) is 21.3 Å². The van der Waals surface area contributed by atoms with E-state index in [0.717, 1.165) is 0 Å². The molecule has 0 aromatic rings. The number of aliphatic hydroxyl groups excluding tert-OH is 2. The third-order valence-electron chi connectivity index (χ3n) is 4.23. The molecular weight excluding hydrogens is 460 g/mol. The SMILES string of the molecule is NC(CC(=O)O)C(=O)NCCNC(=O)CCC(O)C(O)C(=O)NCCNC(=O)C(N)CC(=O)O. The summed E-state index contributed by atoms with van der Waals surface area (Å²) in [5.74, 6) is -5.37. The molecule has 0 aliphatic rings. The lowest BCUT2D eigenvalue weighted by molar-refractivity contribution is -0.140. The van der Waals surface area contributed by atoms with Crippen molar-refractivity contribution < 1.29 is 49.2 Å². The van der Waals surface area contributed by atoms with Crippen molar-refractivity contribution in [3.63, 3.8) is 0 Å². The molecule has 34 heavy (non-hydrogen) atoms. The van der Waals surface area contributed by atoms with Crippen molar-refractivity contribution in [3.8, 4) is 0 Å². The zero-order valence-electron chi connectivity index (χ0n) is 18.4. The summed E-state index contributed by atoms with van der Waals surface area (Å²) in [5.41, 5.74) is 10.7. The maximum absolute atomic E-state index is 11.8. The largest absolute Gasteiger partial charge is 0.481 e. The molecule has 0 rings (SSSR count). The second-order valence-electron chi connectivity index (χ2n) is 7.18. The van der Waals surface area contributed by atoms with Crippen LogP contribution in [-0.4, -0.2) is 106 Å². The third kappa shape index (κ3) is 13.9. The molecule has 16 heteroatoms. The van der Waals surface area contributed by atoms with Crippen LogP contribution in [0.1, 0.15) is 25.7 Å². The van der Waals surface area contributed by atoms with Crippen LogP contribution in [0.5, 0.6) is 0 Å². The molecule has 0 saturated carbocycles. The predicted octanol–water partition coefficient (Wildman–Crippen LogP) is -5.44. The molecule has 4 unspecified atom stereocenters. The van der Waals surface area contributed by atoms with E-state index >= 15 is 0 Å². The first-order valence-corrected chi connectivity index (χ1v) is 10.3. The fourth-order valence-electron chi connectivity index (χ4n) is 2.39. The Bertz CT molecular complexity index is 734. The zero-order valence-corrected chi connectivity index (χ0v) is 18.4. The Labute approximate surface area is 194 Å². The van der Waals surface area contributed by atoms with Gasteiger partial charge < -0.3 is 53.2 Å². The van der Waals surface area contributed by atoms with Crippen molar-refractivity contribution in [2.45, 2.75) is 50.0 Å². The van der Waals surface area contributed by atoms with Gasteiger partial charge in [0, 0.05) is 32.6 Å². The van der Waals surface area contributed by atoms with E-state index in [1.165, 1.54) is 0 Å². The maximum atomic E-state index is 11.8. The molecule has 0 aromatic heterocycles. The number of carboxylic acid groups (broad SMARTS) is 2. The van der Waals surface area contributed by atoms with Crippen LogP contribution in [0.4, 0.5) is 0 Å². The highest BCUT2D eigenvalue weighted by Crippen LogP contribution is 2.03. The fraction of sp³-hybridized carbons (Fsp3) is 0.667. The third-order valence-corrected chi connectivity index (χ3v) is 4.23. The number of amides is 4. The maximum Gasteiger partial charge on any atom is 0.305 e.